The summed E-state index contributed by atoms with van der Waals surface area (Å²) >= 11 is 0. The van der Waals surface area contributed by atoms with Crippen LogP contribution < -0.4 is 5.14 Å². The molecule has 0 bridgehead atoms. The van der Waals surface area contributed by atoms with E-state index in [1.807, 2.05) is 30.5 Å². The highest BCUT2D eigenvalue weighted by atomic mass is 32.2. The first-order chi connectivity index (χ1) is 9.90. The van der Waals surface area contributed by atoms with E-state index in [2.05, 4.69) is 4.98 Å². The smallest absolute Gasteiger partial charge is 0.223 e. The van der Waals surface area contributed by atoms with Gasteiger partial charge < -0.3 is 9.88 Å². The molecule has 1 aromatic heterocycles. The summed E-state index contributed by atoms with van der Waals surface area (Å²) in [5.41, 5.74) is 2.09. The standard InChI is InChI=1S/C14H17N3O3S/c15-21(19,20)9-11-6-14(18)17(8-11)7-10-1-2-13-12(5-10)3-4-16-13/h1-5,11,16H,6-9H2,(H2,15,19,20). The number of rotatable bonds is 4. The lowest BCUT2D eigenvalue weighted by Gasteiger charge is -2.16. The molecule has 0 spiro atoms. The Labute approximate surface area is 123 Å². The molecule has 0 saturated carbocycles. The van der Waals surface area contributed by atoms with Gasteiger partial charge in [0, 0.05) is 37.1 Å². The Balaban J connectivity index is 1.71. The number of aromatic nitrogens is 1. The van der Waals surface area contributed by atoms with E-state index >= 15 is 0 Å². The predicted molar refractivity (Wildman–Crippen MR) is 79.8 cm³/mol. The molecule has 7 heteroatoms. The molecule has 0 radical (unpaired) electrons. The molecule has 21 heavy (non-hydrogen) atoms. The molecule has 112 valence electrons. The fourth-order valence-electron chi connectivity index (χ4n) is 2.87. The van der Waals surface area contributed by atoms with Crippen molar-refractivity contribution in [1.29, 1.82) is 0 Å². The highest BCUT2D eigenvalue weighted by Gasteiger charge is 2.31. The molecule has 2 aromatic rings. The monoisotopic (exact) mass is 307 g/mol. The summed E-state index contributed by atoms with van der Waals surface area (Å²) in [7, 11) is -3.53. The minimum atomic E-state index is -3.53. The van der Waals surface area contributed by atoms with E-state index in [-0.39, 0.29) is 24.0 Å². The topological polar surface area (TPSA) is 96.3 Å². The maximum absolute atomic E-state index is 12.0. The van der Waals surface area contributed by atoms with E-state index < -0.39 is 10.0 Å². The van der Waals surface area contributed by atoms with Crippen LogP contribution in [0.1, 0.15) is 12.0 Å². The Morgan fingerprint density at radius 2 is 2.14 bits per heavy atom. The number of hydrogen-bond donors (Lipinski definition) is 2. The van der Waals surface area contributed by atoms with E-state index in [0.29, 0.717) is 13.1 Å². The molecule has 1 unspecified atom stereocenters. The fraction of sp³-hybridized carbons (Fsp3) is 0.357. The van der Waals surface area contributed by atoms with Crippen molar-refractivity contribution in [2.75, 3.05) is 12.3 Å². The molecule has 0 aliphatic carbocycles. The Morgan fingerprint density at radius 3 is 2.90 bits per heavy atom. The van der Waals surface area contributed by atoms with Gasteiger partial charge in [0.05, 0.1) is 5.75 Å². The van der Waals surface area contributed by atoms with Crippen molar-refractivity contribution >= 4 is 26.8 Å². The predicted octanol–water partition coefficient (Wildman–Crippen LogP) is 0.805. The number of nitrogens with zero attached hydrogens (tertiary/aromatic N) is 1. The first-order valence-electron chi connectivity index (χ1n) is 6.75. The largest absolute Gasteiger partial charge is 0.361 e. The molecule has 1 aliphatic rings. The molecular formula is C14H17N3O3S. The summed E-state index contributed by atoms with van der Waals surface area (Å²) in [6.07, 6.45) is 2.13. The molecule has 3 N–H and O–H groups in total. The average Bonchev–Trinajstić information content (AvgIpc) is 2.94. The van der Waals surface area contributed by atoms with Crippen LogP contribution >= 0.6 is 0 Å². The summed E-state index contributed by atoms with van der Waals surface area (Å²) in [4.78, 5) is 16.8. The lowest BCUT2D eigenvalue weighted by atomic mass is 10.1. The van der Waals surface area contributed by atoms with Crippen LogP contribution in [0, 0.1) is 5.92 Å². The summed E-state index contributed by atoms with van der Waals surface area (Å²) < 4.78 is 22.2. The summed E-state index contributed by atoms with van der Waals surface area (Å²) in [6, 6.07) is 7.96. The van der Waals surface area contributed by atoms with Gasteiger partial charge in [0.2, 0.25) is 15.9 Å². The number of carbonyl (C=O) groups excluding carboxylic acids is 1. The zero-order valence-electron chi connectivity index (χ0n) is 11.5. The number of nitrogens with two attached hydrogens (primary N) is 1. The van der Waals surface area contributed by atoms with Crippen LogP contribution in [-0.4, -0.2) is 36.5 Å². The van der Waals surface area contributed by atoms with Crippen LogP contribution in [0.4, 0.5) is 0 Å². The highest BCUT2D eigenvalue weighted by molar-refractivity contribution is 7.89. The highest BCUT2D eigenvalue weighted by Crippen LogP contribution is 2.22. The van der Waals surface area contributed by atoms with Crippen LogP contribution in [0.15, 0.2) is 30.5 Å². The SMILES string of the molecule is NS(=O)(=O)CC1CC(=O)N(Cc2ccc3[nH]ccc3c2)C1. The number of hydrogen-bond acceptors (Lipinski definition) is 3. The zero-order chi connectivity index (χ0) is 15.0. The molecular weight excluding hydrogens is 290 g/mol. The van der Waals surface area contributed by atoms with Crippen LogP contribution in [0.2, 0.25) is 0 Å². The molecule has 1 amide bonds. The third-order valence-corrected chi connectivity index (χ3v) is 4.69. The van der Waals surface area contributed by atoms with Crippen LogP contribution in [0.25, 0.3) is 10.9 Å². The van der Waals surface area contributed by atoms with Crippen molar-refractivity contribution in [1.82, 2.24) is 9.88 Å². The number of likely N-dealkylation sites (tertiary alicyclic amines) is 1. The third-order valence-electron chi connectivity index (χ3n) is 3.75. The number of sulfonamides is 1. The van der Waals surface area contributed by atoms with Crippen LogP contribution in [0.5, 0.6) is 0 Å². The molecule has 6 nitrogen and oxygen atoms in total. The van der Waals surface area contributed by atoms with Crippen LogP contribution in [-0.2, 0) is 21.4 Å². The van der Waals surface area contributed by atoms with Crippen molar-refractivity contribution in [3.05, 3.63) is 36.0 Å². The lowest BCUT2D eigenvalue weighted by molar-refractivity contribution is -0.128. The van der Waals surface area contributed by atoms with Gasteiger partial charge in [0.25, 0.3) is 0 Å². The van der Waals surface area contributed by atoms with Crippen molar-refractivity contribution in [3.8, 4) is 0 Å². The Kier molecular flexibility index (Phi) is 3.46. The Morgan fingerprint density at radius 1 is 1.33 bits per heavy atom. The molecule has 1 aromatic carbocycles. The minimum Gasteiger partial charge on any atom is -0.361 e. The van der Waals surface area contributed by atoms with Gasteiger partial charge in [0.15, 0.2) is 0 Å². The number of carbonyl (C=O) groups is 1. The van der Waals surface area contributed by atoms with E-state index in [1.165, 1.54) is 0 Å². The number of H-pyrrole nitrogens is 1. The Hall–Kier alpha value is -1.86. The normalized spacial score (nSPS) is 19.6. The van der Waals surface area contributed by atoms with Crippen molar-refractivity contribution in [2.45, 2.75) is 13.0 Å². The first-order valence-corrected chi connectivity index (χ1v) is 8.46. The molecule has 1 saturated heterocycles. The van der Waals surface area contributed by atoms with E-state index in [9.17, 15) is 13.2 Å². The molecule has 1 atom stereocenters. The zero-order valence-corrected chi connectivity index (χ0v) is 12.3. The lowest BCUT2D eigenvalue weighted by Crippen LogP contribution is -2.27. The summed E-state index contributed by atoms with van der Waals surface area (Å²) in [6.45, 7) is 0.946. The van der Waals surface area contributed by atoms with Gasteiger partial charge in [-0.05, 0) is 29.1 Å². The quantitative estimate of drug-likeness (QED) is 0.874. The van der Waals surface area contributed by atoms with Gasteiger partial charge in [-0.2, -0.15) is 0 Å². The number of aromatic amines is 1. The fourth-order valence-corrected chi connectivity index (χ4v) is 3.75. The number of benzene rings is 1. The van der Waals surface area contributed by atoms with Gasteiger partial charge in [-0.15, -0.1) is 0 Å². The molecule has 2 heterocycles. The number of nitrogens with one attached hydrogen (secondary N) is 1. The van der Waals surface area contributed by atoms with Crippen molar-refractivity contribution in [2.24, 2.45) is 11.1 Å². The van der Waals surface area contributed by atoms with E-state index in [0.717, 1.165) is 16.5 Å². The number of primary sulfonamides is 1. The van der Waals surface area contributed by atoms with Crippen molar-refractivity contribution < 1.29 is 13.2 Å². The summed E-state index contributed by atoms with van der Waals surface area (Å²) in [5.74, 6) is -0.354. The average molecular weight is 307 g/mol. The molecule has 3 rings (SSSR count). The van der Waals surface area contributed by atoms with Crippen molar-refractivity contribution in [3.63, 3.8) is 0 Å². The van der Waals surface area contributed by atoms with Gasteiger partial charge in [0.1, 0.15) is 0 Å². The third kappa shape index (κ3) is 3.25. The first kappa shape index (κ1) is 14.1. The second-order valence-electron chi connectivity index (χ2n) is 5.57. The summed E-state index contributed by atoms with van der Waals surface area (Å²) in [5, 5.41) is 6.15. The van der Waals surface area contributed by atoms with E-state index in [1.54, 1.807) is 4.90 Å². The molecule has 1 fully saturated rings. The second-order valence-corrected chi connectivity index (χ2v) is 7.23. The van der Waals surface area contributed by atoms with Gasteiger partial charge in [-0.1, -0.05) is 6.07 Å². The minimum absolute atomic E-state index is 0.0159. The maximum atomic E-state index is 12.0. The van der Waals surface area contributed by atoms with Gasteiger partial charge in [-0.25, -0.2) is 13.6 Å². The number of amides is 1. The van der Waals surface area contributed by atoms with Crippen LogP contribution in [0.3, 0.4) is 0 Å². The molecule has 1 aliphatic heterocycles. The van der Waals surface area contributed by atoms with Gasteiger partial charge >= 0.3 is 0 Å². The van der Waals surface area contributed by atoms with Gasteiger partial charge in [-0.3, -0.25) is 4.79 Å². The van der Waals surface area contributed by atoms with E-state index in [4.69, 9.17) is 5.14 Å². The second kappa shape index (κ2) is 5.16. The Bertz CT molecular complexity index is 782. The number of fused-ring (bicyclic) bond motifs is 1. The maximum Gasteiger partial charge on any atom is 0.223 e.